The first-order chi connectivity index (χ1) is 10.8. The van der Waals surface area contributed by atoms with Gasteiger partial charge in [0.05, 0.1) is 17.8 Å². The Kier molecular flexibility index (Phi) is 2.19. The number of aromatic nitrogens is 3. The first-order valence-electron chi connectivity index (χ1n) is 7.64. The molecule has 0 spiro atoms. The van der Waals surface area contributed by atoms with Crippen molar-refractivity contribution in [3.8, 4) is 5.69 Å². The Morgan fingerprint density at radius 1 is 0.864 bits per heavy atom. The summed E-state index contributed by atoms with van der Waals surface area (Å²) in [5.74, 6) is 0.983. The molecule has 5 heteroatoms. The molecule has 2 bridgehead atoms. The van der Waals surface area contributed by atoms with Crippen LogP contribution >= 0.6 is 0 Å². The minimum atomic E-state index is -0.265. The number of fused-ring (bicyclic) bond motifs is 2. The van der Waals surface area contributed by atoms with Crippen molar-refractivity contribution in [1.82, 2.24) is 13.9 Å². The van der Waals surface area contributed by atoms with E-state index < -0.39 is 0 Å². The van der Waals surface area contributed by atoms with E-state index in [1.165, 1.54) is 4.57 Å². The average Bonchev–Trinajstić information content (AvgIpc) is 3.22. The number of rotatable bonds is 1. The van der Waals surface area contributed by atoms with Crippen LogP contribution in [0.25, 0.3) is 5.69 Å². The quantitative estimate of drug-likeness (QED) is 0.751. The van der Waals surface area contributed by atoms with Crippen molar-refractivity contribution in [3.05, 3.63) is 75.6 Å². The summed E-state index contributed by atoms with van der Waals surface area (Å²) >= 11 is 0. The van der Waals surface area contributed by atoms with Gasteiger partial charge >= 0.3 is 11.4 Å². The van der Waals surface area contributed by atoms with E-state index >= 15 is 0 Å². The second-order valence-corrected chi connectivity index (χ2v) is 6.24. The summed E-state index contributed by atoms with van der Waals surface area (Å²) in [5, 5.41) is 0. The largest absolute Gasteiger partial charge is 0.352 e. The lowest BCUT2D eigenvalue weighted by Crippen LogP contribution is -2.36. The minimum Gasteiger partial charge on any atom is -0.245 e. The molecular weight excluding hydrogens is 278 g/mol. The van der Waals surface area contributed by atoms with Gasteiger partial charge in [0.25, 0.3) is 0 Å². The predicted octanol–water partition coefficient (Wildman–Crippen LogP) is 1.66. The summed E-state index contributed by atoms with van der Waals surface area (Å²) < 4.78 is 4.54. The maximum absolute atomic E-state index is 12.9. The Balaban J connectivity index is 1.83. The molecular formula is C17H15N3O2. The molecule has 1 aliphatic carbocycles. The highest BCUT2D eigenvalue weighted by atomic mass is 16.2. The fourth-order valence-corrected chi connectivity index (χ4v) is 3.78. The number of benzene rings is 1. The standard InChI is InChI=1S/C17H15N3O2/c21-16-18(12-4-2-1-3-5-12)17(22)20-15-9-8-13(19(16)20)7-6-11-10-14(11)15/h1-9,11,13-15H,10H2/t11-,13-,14+,15+/m1/s1. The highest BCUT2D eigenvalue weighted by Crippen LogP contribution is 2.50. The van der Waals surface area contributed by atoms with Gasteiger partial charge in [-0.2, -0.15) is 0 Å². The molecule has 0 amide bonds. The van der Waals surface area contributed by atoms with Crippen LogP contribution in [0.2, 0.25) is 0 Å². The molecule has 4 atom stereocenters. The molecule has 5 rings (SSSR count). The van der Waals surface area contributed by atoms with E-state index in [0.717, 1.165) is 6.42 Å². The van der Waals surface area contributed by atoms with Crippen LogP contribution in [0.4, 0.5) is 0 Å². The molecule has 0 N–H and O–H groups in total. The fourth-order valence-electron chi connectivity index (χ4n) is 3.78. The van der Waals surface area contributed by atoms with Crippen LogP contribution < -0.4 is 11.4 Å². The lowest BCUT2D eigenvalue weighted by molar-refractivity contribution is 0.339. The SMILES string of the molecule is O=c1n(-c2ccccc2)c(=O)n2n1[C@@H]1C=C[C@@H]3C[C@@H]3[C@@H]2C=C1. The van der Waals surface area contributed by atoms with Crippen molar-refractivity contribution in [2.75, 3.05) is 0 Å². The number of nitrogens with zero attached hydrogens (tertiary/aromatic N) is 3. The van der Waals surface area contributed by atoms with Crippen LogP contribution in [0, 0.1) is 11.8 Å². The van der Waals surface area contributed by atoms with Crippen molar-refractivity contribution in [1.29, 1.82) is 0 Å². The second kappa shape index (κ2) is 4.00. The Bertz CT molecular complexity index is 929. The fraction of sp³-hybridized carbons (Fsp3) is 0.294. The van der Waals surface area contributed by atoms with E-state index in [2.05, 4.69) is 12.2 Å². The summed E-state index contributed by atoms with van der Waals surface area (Å²) in [4.78, 5) is 25.7. The lowest BCUT2D eigenvalue weighted by Gasteiger charge is -2.27. The molecule has 1 aromatic carbocycles. The smallest absolute Gasteiger partial charge is 0.245 e. The topological polar surface area (TPSA) is 48.9 Å². The molecule has 1 fully saturated rings. The van der Waals surface area contributed by atoms with Gasteiger partial charge in [-0.15, -0.1) is 0 Å². The zero-order valence-corrected chi connectivity index (χ0v) is 11.9. The lowest BCUT2D eigenvalue weighted by atomic mass is 10.0. The maximum Gasteiger partial charge on any atom is 0.352 e. The predicted molar refractivity (Wildman–Crippen MR) is 82.2 cm³/mol. The maximum atomic E-state index is 12.9. The van der Waals surface area contributed by atoms with Gasteiger partial charge in [0, 0.05) is 0 Å². The third-order valence-electron chi connectivity index (χ3n) is 4.98. The van der Waals surface area contributed by atoms with Gasteiger partial charge in [0.15, 0.2) is 0 Å². The number of hydrogen-bond donors (Lipinski definition) is 0. The number of hydrogen-bond acceptors (Lipinski definition) is 2. The Morgan fingerprint density at radius 3 is 2.41 bits per heavy atom. The van der Waals surface area contributed by atoms with E-state index in [4.69, 9.17) is 0 Å². The third-order valence-corrected chi connectivity index (χ3v) is 4.98. The van der Waals surface area contributed by atoms with Crippen LogP contribution in [0.15, 0.2) is 64.2 Å². The van der Waals surface area contributed by atoms with E-state index in [1.54, 1.807) is 21.5 Å². The molecule has 22 heavy (non-hydrogen) atoms. The highest BCUT2D eigenvalue weighted by molar-refractivity contribution is 5.31. The van der Waals surface area contributed by atoms with Crippen molar-refractivity contribution in [2.24, 2.45) is 11.8 Å². The van der Waals surface area contributed by atoms with Crippen molar-refractivity contribution < 1.29 is 0 Å². The highest BCUT2D eigenvalue weighted by Gasteiger charge is 2.46. The molecule has 2 aliphatic heterocycles. The molecule has 5 nitrogen and oxygen atoms in total. The molecule has 1 saturated carbocycles. The van der Waals surface area contributed by atoms with Crippen molar-refractivity contribution in [3.63, 3.8) is 0 Å². The van der Waals surface area contributed by atoms with Gasteiger partial charge in [0.1, 0.15) is 0 Å². The minimum absolute atomic E-state index is 0.00337. The Hall–Kier alpha value is -2.56. The van der Waals surface area contributed by atoms with Crippen LogP contribution in [0.3, 0.4) is 0 Å². The molecule has 110 valence electrons. The van der Waals surface area contributed by atoms with E-state index in [0.29, 0.717) is 17.5 Å². The average molecular weight is 293 g/mol. The second-order valence-electron chi connectivity index (χ2n) is 6.24. The summed E-state index contributed by atoms with van der Waals surface area (Å²) in [6, 6.07) is 8.97. The molecule has 3 aliphatic rings. The summed E-state index contributed by atoms with van der Waals surface area (Å²) in [5.41, 5.74) is 0.121. The van der Waals surface area contributed by atoms with Crippen LogP contribution in [0.1, 0.15) is 18.5 Å². The van der Waals surface area contributed by atoms with Crippen LogP contribution in [-0.4, -0.2) is 13.9 Å². The number of para-hydroxylation sites is 1. The third kappa shape index (κ3) is 1.43. The van der Waals surface area contributed by atoms with E-state index in [1.807, 2.05) is 30.4 Å². The van der Waals surface area contributed by atoms with Crippen molar-refractivity contribution in [2.45, 2.75) is 18.5 Å². The molecule has 2 aromatic rings. The molecule has 0 saturated heterocycles. The van der Waals surface area contributed by atoms with E-state index in [9.17, 15) is 9.59 Å². The van der Waals surface area contributed by atoms with Gasteiger partial charge in [-0.1, -0.05) is 42.5 Å². The van der Waals surface area contributed by atoms with Gasteiger partial charge in [-0.05, 0) is 30.4 Å². The summed E-state index contributed by atoms with van der Waals surface area (Å²) in [7, 11) is 0. The summed E-state index contributed by atoms with van der Waals surface area (Å²) in [6.07, 6.45) is 9.46. The van der Waals surface area contributed by atoms with Gasteiger partial charge in [-0.3, -0.25) is 0 Å². The number of allylic oxidation sites excluding steroid dienone is 4. The van der Waals surface area contributed by atoms with Crippen LogP contribution in [0.5, 0.6) is 0 Å². The van der Waals surface area contributed by atoms with Gasteiger partial charge < -0.3 is 0 Å². The molecule has 0 radical (unpaired) electrons. The Morgan fingerprint density at radius 2 is 1.59 bits per heavy atom. The van der Waals surface area contributed by atoms with Gasteiger partial charge in [0.2, 0.25) is 0 Å². The Labute approximate surface area is 126 Å². The molecule has 0 unspecified atom stereocenters. The van der Waals surface area contributed by atoms with E-state index in [-0.39, 0.29) is 23.5 Å². The molecule has 3 heterocycles. The zero-order valence-electron chi connectivity index (χ0n) is 11.9. The monoisotopic (exact) mass is 293 g/mol. The van der Waals surface area contributed by atoms with Crippen molar-refractivity contribution >= 4 is 0 Å². The normalized spacial score (nSPS) is 30.5. The summed E-state index contributed by atoms with van der Waals surface area (Å²) in [6.45, 7) is 0. The molecule has 1 aromatic heterocycles. The first-order valence-corrected chi connectivity index (χ1v) is 7.64. The first kappa shape index (κ1) is 12.0. The van der Waals surface area contributed by atoms with Gasteiger partial charge in [-0.25, -0.2) is 23.5 Å². The van der Waals surface area contributed by atoms with Crippen LogP contribution in [-0.2, 0) is 0 Å². The zero-order chi connectivity index (χ0) is 14.8.